The molecule has 1 aliphatic heterocycles. The number of ether oxygens (including phenoxy) is 1. The molecular weight excluding hydrogens is 192 g/mol. The molecule has 0 aliphatic carbocycles. The van der Waals surface area contributed by atoms with Crippen LogP contribution < -0.4 is 5.73 Å². The Bertz CT molecular complexity index is 227. The van der Waals surface area contributed by atoms with Gasteiger partial charge < -0.3 is 15.4 Å². The van der Waals surface area contributed by atoms with Gasteiger partial charge in [-0.3, -0.25) is 0 Å². The van der Waals surface area contributed by atoms with Gasteiger partial charge in [-0.2, -0.15) is 0 Å². The number of rotatable bonds is 2. The number of nitrogens with zero attached hydrogens (tertiary/aromatic N) is 1. The molecule has 4 heteroatoms. The third-order valence-corrected chi connectivity index (χ3v) is 2.31. The van der Waals surface area contributed by atoms with Crippen LogP contribution in [0.15, 0.2) is 0 Å². The van der Waals surface area contributed by atoms with E-state index in [4.69, 9.17) is 10.5 Å². The molecule has 0 aromatic carbocycles. The first-order chi connectivity index (χ1) is 6.78. The van der Waals surface area contributed by atoms with Gasteiger partial charge in [0.2, 0.25) is 0 Å². The highest BCUT2D eigenvalue weighted by Crippen LogP contribution is 2.22. The number of carbonyl (C=O) groups excluding carboxylic acids is 1. The minimum absolute atomic E-state index is 0.205. The summed E-state index contributed by atoms with van der Waals surface area (Å²) in [6.07, 6.45) is 0.780. The van der Waals surface area contributed by atoms with Gasteiger partial charge in [-0.1, -0.05) is 0 Å². The summed E-state index contributed by atoms with van der Waals surface area (Å²) in [6.45, 7) is 9.21. The van der Waals surface area contributed by atoms with Crippen molar-refractivity contribution in [2.24, 2.45) is 11.7 Å². The molecule has 0 aromatic rings. The summed E-state index contributed by atoms with van der Waals surface area (Å²) in [4.78, 5) is 13.3. The van der Waals surface area contributed by atoms with Crippen molar-refractivity contribution in [2.45, 2.75) is 45.8 Å². The normalized spacial score (nSPS) is 19.7. The van der Waals surface area contributed by atoms with Gasteiger partial charge in [-0.05, 0) is 40.0 Å². The minimum Gasteiger partial charge on any atom is -0.444 e. The van der Waals surface area contributed by atoms with E-state index in [0.29, 0.717) is 5.92 Å². The summed E-state index contributed by atoms with van der Waals surface area (Å²) in [5.41, 5.74) is 5.29. The monoisotopic (exact) mass is 214 g/mol. The lowest BCUT2D eigenvalue weighted by Crippen LogP contribution is -2.52. The van der Waals surface area contributed by atoms with E-state index in [2.05, 4.69) is 0 Å². The maximum Gasteiger partial charge on any atom is 0.410 e. The maximum atomic E-state index is 11.5. The van der Waals surface area contributed by atoms with E-state index < -0.39 is 5.60 Å². The first-order valence-electron chi connectivity index (χ1n) is 5.51. The molecule has 1 fully saturated rings. The van der Waals surface area contributed by atoms with Crippen molar-refractivity contribution in [2.75, 3.05) is 13.1 Å². The van der Waals surface area contributed by atoms with Crippen LogP contribution in [0, 0.1) is 5.92 Å². The van der Waals surface area contributed by atoms with Gasteiger partial charge in [-0.15, -0.1) is 0 Å². The molecule has 88 valence electrons. The van der Waals surface area contributed by atoms with Gasteiger partial charge in [0.1, 0.15) is 5.60 Å². The number of likely N-dealkylation sites (tertiary alicyclic amines) is 1. The van der Waals surface area contributed by atoms with Crippen LogP contribution in [-0.4, -0.2) is 35.7 Å². The van der Waals surface area contributed by atoms with Crippen LogP contribution >= 0.6 is 0 Å². The van der Waals surface area contributed by atoms with Crippen molar-refractivity contribution in [3.05, 3.63) is 0 Å². The van der Waals surface area contributed by atoms with E-state index in [9.17, 15) is 4.79 Å². The molecule has 2 N–H and O–H groups in total. The fraction of sp³-hybridized carbons (Fsp3) is 0.909. The molecule has 4 nitrogen and oxygen atoms in total. The Kier molecular flexibility index (Phi) is 3.60. The van der Waals surface area contributed by atoms with E-state index in [-0.39, 0.29) is 12.1 Å². The molecule has 0 spiro atoms. The molecule has 0 aromatic heterocycles. The van der Waals surface area contributed by atoms with Crippen LogP contribution in [0.1, 0.15) is 34.1 Å². The van der Waals surface area contributed by atoms with E-state index in [1.807, 2.05) is 27.7 Å². The third kappa shape index (κ3) is 4.08. The zero-order valence-electron chi connectivity index (χ0n) is 10.1. The second-order valence-electron chi connectivity index (χ2n) is 5.46. The molecule has 15 heavy (non-hydrogen) atoms. The van der Waals surface area contributed by atoms with Crippen molar-refractivity contribution in [1.82, 2.24) is 4.90 Å². The van der Waals surface area contributed by atoms with E-state index in [1.54, 1.807) is 4.90 Å². The standard InChI is InChI=1S/C11H22N2O2/c1-8(12)5-9-6-13(7-9)10(14)15-11(2,3)4/h8-9H,5-7,12H2,1-4H3. The summed E-state index contributed by atoms with van der Waals surface area (Å²) in [7, 11) is 0. The van der Waals surface area contributed by atoms with Crippen molar-refractivity contribution in [1.29, 1.82) is 0 Å². The molecule has 0 bridgehead atoms. The summed E-state index contributed by atoms with van der Waals surface area (Å²) in [6, 6.07) is 0.218. The molecule has 1 atom stereocenters. The molecule has 1 saturated heterocycles. The van der Waals surface area contributed by atoms with Crippen LogP contribution in [0.2, 0.25) is 0 Å². The predicted molar refractivity (Wildman–Crippen MR) is 59.6 cm³/mol. The Morgan fingerprint density at radius 2 is 2.07 bits per heavy atom. The Balaban J connectivity index is 2.24. The molecule has 1 rings (SSSR count). The highest BCUT2D eigenvalue weighted by molar-refractivity contribution is 5.69. The van der Waals surface area contributed by atoms with Gasteiger partial charge in [0.25, 0.3) is 0 Å². The van der Waals surface area contributed by atoms with Crippen molar-refractivity contribution < 1.29 is 9.53 Å². The zero-order valence-corrected chi connectivity index (χ0v) is 10.1. The molecule has 0 radical (unpaired) electrons. The van der Waals surface area contributed by atoms with Crippen molar-refractivity contribution >= 4 is 6.09 Å². The van der Waals surface area contributed by atoms with Gasteiger partial charge in [0.05, 0.1) is 0 Å². The van der Waals surface area contributed by atoms with Crippen LogP contribution in [0.4, 0.5) is 4.79 Å². The molecular formula is C11H22N2O2. The van der Waals surface area contributed by atoms with Gasteiger partial charge in [0.15, 0.2) is 0 Å². The van der Waals surface area contributed by atoms with Crippen LogP contribution in [0.25, 0.3) is 0 Å². The topological polar surface area (TPSA) is 55.6 Å². The quantitative estimate of drug-likeness (QED) is 0.759. The van der Waals surface area contributed by atoms with Crippen LogP contribution in [0.3, 0.4) is 0 Å². The smallest absolute Gasteiger partial charge is 0.410 e. The molecule has 1 heterocycles. The average molecular weight is 214 g/mol. The Labute approximate surface area is 91.8 Å². The second-order valence-corrected chi connectivity index (χ2v) is 5.46. The Morgan fingerprint density at radius 3 is 2.47 bits per heavy atom. The molecule has 1 amide bonds. The lowest BCUT2D eigenvalue weighted by Gasteiger charge is -2.40. The zero-order chi connectivity index (χ0) is 11.6. The SMILES string of the molecule is CC(N)CC1CN(C(=O)OC(C)(C)C)C1. The summed E-state index contributed by atoms with van der Waals surface area (Å²) in [5.74, 6) is 0.553. The van der Waals surface area contributed by atoms with Crippen molar-refractivity contribution in [3.8, 4) is 0 Å². The Hall–Kier alpha value is -0.770. The number of nitrogens with two attached hydrogens (primary N) is 1. The number of carbonyl (C=O) groups is 1. The molecule has 0 saturated carbocycles. The van der Waals surface area contributed by atoms with Gasteiger partial charge in [-0.25, -0.2) is 4.79 Å². The largest absolute Gasteiger partial charge is 0.444 e. The average Bonchev–Trinajstić information content (AvgIpc) is 1.91. The van der Waals surface area contributed by atoms with Crippen molar-refractivity contribution in [3.63, 3.8) is 0 Å². The van der Waals surface area contributed by atoms with Crippen LogP contribution in [0.5, 0.6) is 0 Å². The lowest BCUT2D eigenvalue weighted by atomic mass is 9.94. The minimum atomic E-state index is -0.399. The summed E-state index contributed by atoms with van der Waals surface area (Å²) in [5, 5.41) is 0. The first kappa shape index (κ1) is 12.3. The van der Waals surface area contributed by atoms with Crippen LogP contribution in [-0.2, 0) is 4.74 Å². The summed E-state index contributed by atoms with van der Waals surface area (Å²) >= 11 is 0. The van der Waals surface area contributed by atoms with Gasteiger partial charge >= 0.3 is 6.09 Å². The van der Waals surface area contributed by atoms with E-state index >= 15 is 0 Å². The Morgan fingerprint density at radius 1 is 1.53 bits per heavy atom. The highest BCUT2D eigenvalue weighted by atomic mass is 16.6. The fourth-order valence-corrected chi connectivity index (χ4v) is 1.72. The maximum absolute atomic E-state index is 11.5. The number of hydrogen-bond acceptors (Lipinski definition) is 3. The molecule has 1 unspecified atom stereocenters. The second kappa shape index (κ2) is 4.39. The first-order valence-corrected chi connectivity index (χ1v) is 5.51. The third-order valence-electron chi connectivity index (χ3n) is 2.31. The van der Waals surface area contributed by atoms with E-state index in [1.165, 1.54) is 0 Å². The fourth-order valence-electron chi connectivity index (χ4n) is 1.72. The van der Waals surface area contributed by atoms with Gasteiger partial charge in [0, 0.05) is 19.1 Å². The lowest BCUT2D eigenvalue weighted by molar-refractivity contribution is -0.00281. The summed E-state index contributed by atoms with van der Waals surface area (Å²) < 4.78 is 5.25. The predicted octanol–water partition coefficient (Wildman–Crippen LogP) is 1.59. The molecule has 1 aliphatic rings. The highest BCUT2D eigenvalue weighted by Gasteiger charge is 2.33. The van der Waals surface area contributed by atoms with E-state index in [0.717, 1.165) is 19.5 Å². The number of amides is 1. The number of hydrogen-bond donors (Lipinski definition) is 1.